The highest BCUT2D eigenvalue weighted by Gasteiger charge is 2.25. The average Bonchev–Trinajstić information content (AvgIpc) is 2.31. The SMILES string of the molecule is CCC(CN)CC(=O)NC(C(=O)O)C(C)CC. The summed E-state index contributed by atoms with van der Waals surface area (Å²) in [5.74, 6) is -1.15. The van der Waals surface area contributed by atoms with E-state index in [0.29, 0.717) is 19.4 Å². The summed E-state index contributed by atoms with van der Waals surface area (Å²) in [7, 11) is 0. The molecule has 0 bridgehead atoms. The molecule has 0 heterocycles. The Kier molecular flexibility index (Phi) is 7.54. The number of carboxylic acid groups (broad SMARTS) is 1. The second-order valence-electron chi connectivity index (χ2n) is 4.48. The number of aliphatic carboxylic acids is 1. The molecule has 0 aliphatic carbocycles. The van der Waals surface area contributed by atoms with Crippen LogP contribution in [-0.2, 0) is 9.59 Å². The van der Waals surface area contributed by atoms with Crippen LogP contribution in [0.4, 0.5) is 0 Å². The third-order valence-corrected chi connectivity index (χ3v) is 3.18. The van der Waals surface area contributed by atoms with Gasteiger partial charge in [0.2, 0.25) is 5.91 Å². The minimum atomic E-state index is -0.978. The van der Waals surface area contributed by atoms with Gasteiger partial charge in [-0.15, -0.1) is 0 Å². The van der Waals surface area contributed by atoms with Gasteiger partial charge in [0.15, 0.2) is 0 Å². The van der Waals surface area contributed by atoms with Gasteiger partial charge in [-0.05, 0) is 18.4 Å². The van der Waals surface area contributed by atoms with E-state index in [0.717, 1.165) is 6.42 Å². The first kappa shape index (κ1) is 15.9. The molecule has 0 radical (unpaired) electrons. The Morgan fingerprint density at radius 1 is 1.29 bits per heavy atom. The number of carbonyl (C=O) groups excluding carboxylic acids is 1. The lowest BCUT2D eigenvalue weighted by Crippen LogP contribution is -2.45. The quantitative estimate of drug-likeness (QED) is 0.593. The van der Waals surface area contributed by atoms with E-state index in [4.69, 9.17) is 10.8 Å². The molecule has 0 spiro atoms. The lowest BCUT2D eigenvalue weighted by atomic mass is 9.97. The Balaban J connectivity index is 4.36. The molecule has 100 valence electrons. The van der Waals surface area contributed by atoms with Crippen LogP contribution in [0.3, 0.4) is 0 Å². The molecule has 3 atom stereocenters. The molecule has 0 aliphatic heterocycles. The molecule has 5 nitrogen and oxygen atoms in total. The van der Waals surface area contributed by atoms with Crippen molar-refractivity contribution < 1.29 is 14.7 Å². The maximum Gasteiger partial charge on any atom is 0.326 e. The number of amides is 1. The van der Waals surface area contributed by atoms with Crippen LogP contribution in [0.25, 0.3) is 0 Å². The van der Waals surface area contributed by atoms with Crippen molar-refractivity contribution in [1.82, 2.24) is 5.32 Å². The molecule has 0 aromatic rings. The summed E-state index contributed by atoms with van der Waals surface area (Å²) in [6, 6.07) is -0.803. The summed E-state index contributed by atoms with van der Waals surface area (Å²) in [4.78, 5) is 22.7. The van der Waals surface area contributed by atoms with Gasteiger partial charge in [-0.3, -0.25) is 4.79 Å². The van der Waals surface area contributed by atoms with E-state index < -0.39 is 12.0 Å². The Morgan fingerprint density at radius 2 is 1.88 bits per heavy atom. The lowest BCUT2D eigenvalue weighted by molar-refractivity contribution is -0.143. The standard InChI is InChI=1S/C12H24N2O3/c1-4-8(3)11(12(16)17)14-10(15)6-9(5-2)7-13/h8-9,11H,4-7,13H2,1-3H3,(H,14,15)(H,16,17). The molecule has 0 saturated carbocycles. The van der Waals surface area contributed by atoms with Gasteiger partial charge in [0, 0.05) is 6.42 Å². The maximum atomic E-state index is 11.7. The molecule has 1 amide bonds. The molecule has 0 rings (SSSR count). The van der Waals surface area contributed by atoms with Crippen LogP contribution in [0.5, 0.6) is 0 Å². The summed E-state index contributed by atoms with van der Waals surface area (Å²) in [5.41, 5.74) is 5.51. The Hall–Kier alpha value is -1.10. The smallest absolute Gasteiger partial charge is 0.326 e. The normalized spacial score (nSPS) is 16.0. The highest BCUT2D eigenvalue weighted by molar-refractivity contribution is 5.83. The van der Waals surface area contributed by atoms with Crippen LogP contribution in [0.15, 0.2) is 0 Å². The second-order valence-corrected chi connectivity index (χ2v) is 4.48. The number of carbonyl (C=O) groups is 2. The Labute approximate surface area is 103 Å². The van der Waals surface area contributed by atoms with E-state index in [1.807, 2.05) is 20.8 Å². The molecule has 0 fully saturated rings. The molecule has 5 heteroatoms. The van der Waals surface area contributed by atoms with Crippen LogP contribution in [-0.4, -0.2) is 29.6 Å². The molecule has 0 aromatic heterocycles. The predicted molar refractivity (Wildman–Crippen MR) is 66.5 cm³/mol. The largest absolute Gasteiger partial charge is 0.480 e. The maximum absolute atomic E-state index is 11.7. The van der Waals surface area contributed by atoms with Crippen molar-refractivity contribution in [3.05, 3.63) is 0 Å². The first-order chi connectivity index (χ1) is 7.96. The lowest BCUT2D eigenvalue weighted by Gasteiger charge is -2.21. The Morgan fingerprint density at radius 3 is 2.24 bits per heavy atom. The minimum absolute atomic E-state index is 0.0746. The molecule has 0 saturated heterocycles. The topological polar surface area (TPSA) is 92.4 Å². The van der Waals surface area contributed by atoms with E-state index in [-0.39, 0.29) is 17.7 Å². The summed E-state index contributed by atoms with van der Waals surface area (Å²) < 4.78 is 0. The van der Waals surface area contributed by atoms with E-state index in [1.165, 1.54) is 0 Å². The molecular weight excluding hydrogens is 220 g/mol. The number of hydrogen-bond acceptors (Lipinski definition) is 3. The van der Waals surface area contributed by atoms with Crippen molar-refractivity contribution in [2.24, 2.45) is 17.6 Å². The first-order valence-electron chi connectivity index (χ1n) is 6.18. The Bertz CT molecular complexity index is 252. The zero-order chi connectivity index (χ0) is 13.4. The van der Waals surface area contributed by atoms with Crippen molar-refractivity contribution in [1.29, 1.82) is 0 Å². The molecule has 4 N–H and O–H groups in total. The number of nitrogens with two attached hydrogens (primary N) is 1. The number of carboxylic acids is 1. The van der Waals surface area contributed by atoms with Gasteiger partial charge in [0.25, 0.3) is 0 Å². The minimum Gasteiger partial charge on any atom is -0.480 e. The molecular formula is C12H24N2O3. The van der Waals surface area contributed by atoms with Gasteiger partial charge in [-0.2, -0.15) is 0 Å². The molecule has 0 aliphatic rings. The van der Waals surface area contributed by atoms with Crippen molar-refractivity contribution in [2.75, 3.05) is 6.54 Å². The highest BCUT2D eigenvalue weighted by atomic mass is 16.4. The fourth-order valence-corrected chi connectivity index (χ4v) is 1.57. The van der Waals surface area contributed by atoms with Crippen LogP contribution in [0.1, 0.15) is 40.0 Å². The van der Waals surface area contributed by atoms with Gasteiger partial charge < -0.3 is 16.2 Å². The molecule has 17 heavy (non-hydrogen) atoms. The van der Waals surface area contributed by atoms with E-state index in [9.17, 15) is 9.59 Å². The summed E-state index contributed by atoms with van der Waals surface area (Å²) in [6.45, 7) is 6.14. The zero-order valence-electron chi connectivity index (χ0n) is 10.9. The van der Waals surface area contributed by atoms with Gasteiger partial charge in [-0.1, -0.05) is 33.6 Å². The van der Waals surface area contributed by atoms with E-state index >= 15 is 0 Å². The van der Waals surface area contributed by atoms with E-state index in [1.54, 1.807) is 0 Å². The molecule has 0 aromatic carbocycles. The van der Waals surface area contributed by atoms with Gasteiger partial charge >= 0.3 is 5.97 Å². The van der Waals surface area contributed by atoms with Gasteiger partial charge in [0.05, 0.1) is 0 Å². The summed E-state index contributed by atoms with van der Waals surface area (Å²) in [5, 5.41) is 11.6. The fraction of sp³-hybridized carbons (Fsp3) is 0.833. The van der Waals surface area contributed by atoms with Crippen LogP contribution in [0, 0.1) is 11.8 Å². The number of hydrogen-bond donors (Lipinski definition) is 3. The summed E-state index contributed by atoms with van der Waals surface area (Å²) in [6.07, 6.45) is 1.84. The zero-order valence-corrected chi connectivity index (χ0v) is 10.9. The summed E-state index contributed by atoms with van der Waals surface area (Å²) >= 11 is 0. The second kappa shape index (κ2) is 8.06. The average molecular weight is 244 g/mol. The monoisotopic (exact) mass is 244 g/mol. The van der Waals surface area contributed by atoms with Crippen LogP contribution < -0.4 is 11.1 Å². The number of nitrogens with one attached hydrogen (secondary N) is 1. The van der Waals surface area contributed by atoms with Crippen molar-refractivity contribution >= 4 is 11.9 Å². The van der Waals surface area contributed by atoms with Crippen LogP contribution >= 0.6 is 0 Å². The predicted octanol–water partition coefficient (Wildman–Crippen LogP) is 0.977. The third-order valence-electron chi connectivity index (χ3n) is 3.18. The fourth-order valence-electron chi connectivity index (χ4n) is 1.57. The van der Waals surface area contributed by atoms with Crippen molar-refractivity contribution in [3.8, 4) is 0 Å². The van der Waals surface area contributed by atoms with Gasteiger partial charge in [0.1, 0.15) is 6.04 Å². The van der Waals surface area contributed by atoms with E-state index in [2.05, 4.69) is 5.32 Å². The highest BCUT2D eigenvalue weighted by Crippen LogP contribution is 2.10. The van der Waals surface area contributed by atoms with Crippen molar-refractivity contribution in [3.63, 3.8) is 0 Å². The third kappa shape index (κ3) is 5.68. The van der Waals surface area contributed by atoms with Gasteiger partial charge in [-0.25, -0.2) is 4.79 Å². The number of rotatable bonds is 8. The first-order valence-corrected chi connectivity index (χ1v) is 6.18. The van der Waals surface area contributed by atoms with Crippen LogP contribution in [0.2, 0.25) is 0 Å². The van der Waals surface area contributed by atoms with Crippen molar-refractivity contribution in [2.45, 2.75) is 46.1 Å². The molecule has 3 unspecified atom stereocenters.